The van der Waals surface area contributed by atoms with Crippen molar-refractivity contribution in [3.05, 3.63) is 121 Å². The van der Waals surface area contributed by atoms with Crippen LogP contribution >= 0.6 is 0 Å². The van der Waals surface area contributed by atoms with Crippen molar-refractivity contribution >= 4 is 33.4 Å². The average Bonchev–Trinajstić information content (AvgIpc) is 3.62. The molecule has 0 spiro atoms. The van der Waals surface area contributed by atoms with Crippen molar-refractivity contribution in [1.82, 2.24) is 25.1 Å². The van der Waals surface area contributed by atoms with Crippen molar-refractivity contribution in [3.63, 3.8) is 0 Å². The average molecular weight is 525 g/mol. The quantitative estimate of drug-likeness (QED) is 0.221. The molecule has 0 bridgehead atoms. The minimum absolute atomic E-state index is 0.199. The topological polar surface area (TPSA) is 99.3 Å². The van der Waals surface area contributed by atoms with Gasteiger partial charge in [-0.15, -0.1) is 0 Å². The van der Waals surface area contributed by atoms with E-state index in [1.807, 2.05) is 54.6 Å². The number of pyridine rings is 2. The molecule has 7 aromatic rings. The maximum atomic E-state index is 14.6. The number of fused-ring (bicyclic) bond motifs is 2. The van der Waals surface area contributed by atoms with E-state index in [4.69, 9.17) is 0 Å². The lowest BCUT2D eigenvalue weighted by atomic mass is 10.0. The number of H-pyrrole nitrogens is 2. The van der Waals surface area contributed by atoms with E-state index in [0.29, 0.717) is 22.4 Å². The fourth-order valence-corrected chi connectivity index (χ4v) is 4.93. The molecule has 0 aliphatic rings. The Balaban J connectivity index is 1.26. The molecule has 0 fully saturated rings. The molecular formula is C32H21FN6O. The Bertz CT molecular complexity index is 2030. The standard InChI is InChI=1S/C32H21FN6O/c33-27-9-5-4-8-23(27)26-17-35-18-30-24(26)14-29(37-30)31-25-13-20(10-11-28(25)38-39-31)21-12-22(16-34-15-21)36-32(40)19-6-2-1-3-7-19/h1-18,37H,(H,36,40)(H,38,39). The second-order valence-electron chi connectivity index (χ2n) is 9.43. The Morgan fingerprint density at radius 2 is 1.55 bits per heavy atom. The summed E-state index contributed by atoms with van der Waals surface area (Å²) in [4.78, 5) is 24.7. The number of hydrogen-bond donors (Lipinski definition) is 3. The van der Waals surface area contributed by atoms with Crippen LogP contribution in [0.1, 0.15) is 10.4 Å². The summed E-state index contributed by atoms with van der Waals surface area (Å²) >= 11 is 0. The van der Waals surface area contributed by atoms with Gasteiger partial charge in [-0.2, -0.15) is 5.10 Å². The maximum absolute atomic E-state index is 14.6. The monoisotopic (exact) mass is 524 g/mol. The fraction of sp³-hybridized carbons (Fsp3) is 0. The number of aromatic amines is 2. The molecule has 8 heteroatoms. The highest BCUT2D eigenvalue weighted by molar-refractivity contribution is 6.05. The molecule has 3 N–H and O–H groups in total. The number of carbonyl (C=O) groups is 1. The van der Waals surface area contributed by atoms with E-state index >= 15 is 0 Å². The first-order chi connectivity index (χ1) is 19.6. The lowest BCUT2D eigenvalue weighted by molar-refractivity contribution is 0.102. The van der Waals surface area contributed by atoms with Gasteiger partial charge >= 0.3 is 0 Å². The van der Waals surface area contributed by atoms with Crippen LogP contribution in [0, 0.1) is 5.82 Å². The van der Waals surface area contributed by atoms with Crippen LogP contribution in [0.15, 0.2) is 110 Å². The lowest BCUT2D eigenvalue weighted by Crippen LogP contribution is -2.11. The highest BCUT2D eigenvalue weighted by Gasteiger charge is 2.16. The molecule has 0 aliphatic heterocycles. The van der Waals surface area contributed by atoms with Gasteiger partial charge in [0.05, 0.1) is 34.8 Å². The van der Waals surface area contributed by atoms with Gasteiger partial charge in [-0.3, -0.25) is 19.9 Å². The van der Waals surface area contributed by atoms with Crippen molar-refractivity contribution in [2.24, 2.45) is 0 Å². The second-order valence-corrected chi connectivity index (χ2v) is 9.43. The summed E-state index contributed by atoms with van der Waals surface area (Å²) in [7, 11) is 0. The molecule has 7 nitrogen and oxygen atoms in total. The van der Waals surface area contributed by atoms with Crippen LogP contribution in [0.4, 0.5) is 10.1 Å². The zero-order valence-corrected chi connectivity index (χ0v) is 21.0. The molecule has 0 saturated heterocycles. The summed E-state index contributed by atoms with van der Waals surface area (Å²) < 4.78 is 14.6. The Kier molecular flexibility index (Phi) is 5.63. The number of hydrogen-bond acceptors (Lipinski definition) is 4. The molecule has 0 aliphatic carbocycles. The number of rotatable bonds is 5. The number of anilines is 1. The normalized spacial score (nSPS) is 11.2. The van der Waals surface area contributed by atoms with Gasteiger partial charge in [0.25, 0.3) is 5.91 Å². The maximum Gasteiger partial charge on any atom is 0.255 e. The van der Waals surface area contributed by atoms with Crippen LogP contribution in [0.5, 0.6) is 0 Å². The Labute approximate surface area is 227 Å². The number of halogens is 1. The number of nitrogens with zero attached hydrogens (tertiary/aromatic N) is 3. The highest BCUT2D eigenvalue weighted by Crippen LogP contribution is 2.35. The molecule has 192 valence electrons. The molecule has 3 aromatic carbocycles. The molecule has 0 unspecified atom stereocenters. The zero-order chi connectivity index (χ0) is 27.1. The summed E-state index contributed by atoms with van der Waals surface area (Å²) in [6, 6.07) is 25.6. The van der Waals surface area contributed by atoms with Gasteiger partial charge in [-0.25, -0.2) is 4.39 Å². The van der Waals surface area contributed by atoms with Gasteiger partial charge in [-0.05, 0) is 48.0 Å². The van der Waals surface area contributed by atoms with E-state index < -0.39 is 0 Å². The summed E-state index contributed by atoms with van der Waals surface area (Å²) in [6.45, 7) is 0. The van der Waals surface area contributed by atoms with Crippen LogP contribution < -0.4 is 5.32 Å². The number of carbonyl (C=O) groups excluding carboxylic acids is 1. The molecule has 0 atom stereocenters. The van der Waals surface area contributed by atoms with Crippen LogP contribution in [0.2, 0.25) is 0 Å². The van der Waals surface area contributed by atoms with Gasteiger partial charge in [0.2, 0.25) is 0 Å². The van der Waals surface area contributed by atoms with Crippen molar-refractivity contribution in [1.29, 1.82) is 0 Å². The van der Waals surface area contributed by atoms with Gasteiger partial charge < -0.3 is 10.3 Å². The minimum atomic E-state index is -0.301. The Morgan fingerprint density at radius 3 is 2.42 bits per heavy atom. The molecule has 4 heterocycles. The molecule has 0 radical (unpaired) electrons. The van der Waals surface area contributed by atoms with E-state index in [-0.39, 0.29) is 11.7 Å². The van der Waals surface area contributed by atoms with Gasteiger partial charge in [0, 0.05) is 45.4 Å². The zero-order valence-electron chi connectivity index (χ0n) is 21.0. The van der Waals surface area contributed by atoms with E-state index in [2.05, 4.69) is 30.5 Å². The van der Waals surface area contributed by atoms with Crippen molar-refractivity contribution in [2.45, 2.75) is 0 Å². The lowest BCUT2D eigenvalue weighted by Gasteiger charge is -2.08. The summed E-state index contributed by atoms with van der Waals surface area (Å²) in [6.07, 6.45) is 6.78. The van der Waals surface area contributed by atoms with E-state index in [1.165, 1.54) is 6.07 Å². The predicted octanol–water partition coefficient (Wildman–Crippen LogP) is 7.23. The van der Waals surface area contributed by atoms with E-state index in [9.17, 15) is 9.18 Å². The fourth-order valence-electron chi connectivity index (χ4n) is 4.93. The minimum Gasteiger partial charge on any atom is -0.352 e. The second kappa shape index (κ2) is 9.59. The third-order valence-corrected chi connectivity index (χ3v) is 6.89. The summed E-state index contributed by atoms with van der Waals surface area (Å²) in [5, 5.41) is 12.4. The van der Waals surface area contributed by atoms with Crippen molar-refractivity contribution < 1.29 is 9.18 Å². The molecule has 40 heavy (non-hydrogen) atoms. The predicted molar refractivity (Wildman–Crippen MR) is 154 cm³/mol. The SMILES string of the molecule is O=C(Nc1cncc(-c2ccc3[nH]nc(-c4cc5c(-c6ccccc6F)cncc5[nH]4)c3c2)c1)c1ccccc1. The Morgan fingerprint density at radius 1 is 0.725 bits per heavy atom. The Hall–Kier alpha value is -5.63. The molecular weight excluding hydrogens is 503 g/mol. The first kappa shape index (κ1) is 23.5. The largest absolute Gasteiger partial charge is 0.352 e. The highest BCUT2D eigenvalue weighted by atomic mass is 19.1. The van der Waals surface area contributed by atoms with Gasteiger partial charge in [0.15, 0.2) is 0 Å². The smallest absolute Gasteiger partial charge is 0.255 e. The number of nitrogens with one attached hydrogen (secondary N) is 3. The molecule has 7 rings (SSSR count). The van der Waals surface area contributed by atoms with Crippen molar-refractivity contribution in [2.75, 3.05) is 5.32 Å². The van der Waals surface area contributed by atoms with Crippen LogP contribution in [-0.2, 0) is 0 Å². The van der Waals surface area contributed by atoms with E-state index in [0.717, 1.165) is 44.3 Å². The summed E-state index contributed by atoms with van der Waals surface area (Å²) in [5.41, 5.74) is 7.31. The first-order valence-corrected chi connectivity index (χ1v) is 12.7. The molecule has 4 aromatic heterocycles. The first-order valence-electron chi connectivity index (χ1n) is 12.7. The van der Waals surface area contributed by atoms with E-state index in [1.54, 1.807) is 49.1 Å². The van der Waals surface area contributed by atoms with Crippen LogP contribution in [-0.4, -0.2) is 31.1 Å². The molecule has 0 saturated carbocycles. The summed E-state index contributed by atoms with van der Waals surface area (Å²) in [5.74, 6) is -0.500. The van der Waals surface area contributed by atoms with Gasteiger partial charge in [-0.1, -0.05) is 42.5 Å². The van der Waals surface area contributed by atoms with Crippen molar-refractivity contribution in [3.8, 4) is 33.6 Å². The number of aromatic nitrogens is 5. The number of benzene rings is 3. The van der Waals surface area contributed by atoms with Crippen LogP contribution in [0.25, 0.3) is 55.4 Å². The van der Waals surface area contributed by atoms with Crippen LogP contribution in [0.3, 0.4) is 0 Å². The third kappa shape index (κ3) is 4.17. The molecule has 1 amide bonds. The third-order valence-electron chi connectivity index (χ3n) is 6.89. The van der Waals surface area contributed by atoms with Gasteiger partial charge in [0.1, 0.15) is 11.5 Å². The number of amides is 1.